The van der Waals surface area contributed by atoms with E-state index in [0.29, 0.717) is 18.0 Å². The number of halogens is 2. The molecule has 134 valence electrons. The Bertz CT molecular complexity index is 691. The van der Waals surface area contributed by atoms with Crippen molar-refractivity contribution in [3.63, 3.8) is 0 Å². The van der Waals surface area contributed by atoms with Crippen molar-refractivity contribution in [1.29, 1.82) is 0 Å². The molecule has 3 N–H and O–H groups in total. The first kappa shape index (κ1) is 22.6. The molecule has 0 spiro atoms. The van der Waals surface area contributed by atoms with Crippen LogP contribution in [-0.2, 0) is 0 Å². The number of para-hydroxylation sites is 1. The van der Waals surface area contributed by atoms with Crippen molar-refractivity contribution in [3.05, 3.63) is 41.6 Å². The molecule has 0 aliphatic heterocycles. The molecule has 0 saturated carbocycles. The second-order valence-electron chi connectivity index (χ2n) is 6.65. The van der Waals surface area contributed by atoms with Crippen LogP contribution in [0.5, 0.6) is 0 Å². The molecule has 0 radical (unpaired) electrons. The highest BCUT2D eigenvalue weighted by Crippen LogP contribution is 2.21. The number of aromatic nitrogens is 1. The summed E-state index contributed by atoms with van der Waals surface area (Å²) >= 11 is 0. The largest absolute Gasteiger partial charge is 0.346 e. The fourth-order valence-electron chi connectivity index (χ4n) is 2.92. The van der Waals surface area contributed by atoms with Gasteiger partial charge in [-0.1, -0.05) is 32.0 Å². The molecule has 0 bridgehead atoms. The van der Waals surface area contributed by atoms with Gasteiger partial charge >= 0.3 is 0 Å². The van der Waals surface area contributed by atoms with E-state index in [2.05, 4.69) is 24.1 Å². The van der Waals surface area contributed by atoms with Gasteiger partial charge in [0.05, 0.1) is 11.1 Å². The zero-order valence-corrected chi connectivity index (χ0v) is 16.3. The number of nitrogens with zero attached hydrogens (tertiary/aromatic N) is 1. The number of carbonyl (C=O) groups is 1. The molecule has 24 heavy (non-hydrogen) atoms. The van der Waals surface area contributed by atoms with E-state index in [9.17, 15) is 4.79 Å². The molecule has 4 nitrogen and oxygen atoms in total. The Labute approximate surface area is 156 Å². The van der Waals surface area contributed by atoms with E-state index < -0.39 is 5.54 Å². The van der Waals surface area contributed by atoms with E-state index in [1.165, 1.54) is 0 Å². The average molecular weight is 372 g/mol. The van der Waals surface area contributed by atoms with Crippen LogP contribution < -0.4 is 11.1 Å². The Kier molecular flexibility index (Phi) is 8.69. The molecule has 0 aliphatic carbocycles. The molecule has 2 aromatic rings. The smallest absolute Gasteiger partial charge is 0.252 e. The normalized spacial score (nSPS) is 12.9. The van der Waals surface area contributed by atoms with E-state index in [1.54, 1.807) is 0 Å². The monoisotopic (exact) mass is 371 g/mol. The number of rotatable bonds is 5. The Balaban J connectivity index is 0.00000264. The van der Waals surface area contributed by atoms with Crippen LogP contribution in [0.25, 0.3) is 10.9 Å². The van der Waals surface area contributed by atoms with Gasteiger partial charge in [-0.3, -0.25) is 9.78 Å². The van der Waals surface area contributed by atoms with Crippen LogP contribution in [0, 0.1) is 12.8 Å². The van der Waals surface area contributed by atoms with Gasteiger partial charge in [0, 0.05) is 23.2 Å². The quantitative estimate of drug-likeness (QED) is 0.837. The van der Waals surface area contributed by atoms with Gasteiger partial charge in [0.2, 0.25) is 0 Å². The van der Waals surface area contributed by atoms with Gasteiger partial charge in [0.1, 0.15) is 0 Å². The molecule has 1 aromatic carbocycles. The van der Waals surface area contributed by atoms with E-state index in [4.69, 9.17) is 5.73 Å². The van der Waals surface area contributed by atoms with Gasteiger partial charge in [-0.25, -0.2) is 0 Å². The summed E-state index contributed by atoms with van der Waals surface area (Å²) in [6.07, 6.45) is 0.844. The molecule has 0 aliphatic rings. The van der Waals surface area contributed by atoms with Gasteiger partial charge < -0.3 is 11.1 Å². The van der Waals surface area contributed by atoms with Crippen LogP contribution in [0.4, 0.5) is 0 Å². The van der Waals surface area contributed by atoms with Crippen LogP contribution in [0.2, 0.25) is 0 Å². The average Bonchev–Trinajstić information content (AvgIpc) is 2.45. The summed E-state index contributed by atoms with van der Waals surface area (Å²) in [4.78, 5) is 17.3. The van der Waals surface area contributed by atoms with Crippen molar-refractivity contribution < 1.29 is 4.79 Å². The van der Waals surface area contributed by atoms with Crippen LogP contribution >= 0.6 is 24.8 Å². The van der Waals surface area contributed by atoms with Crippen molar-refractivity contribution in [1.82, 2.24) is 10.3 Å². The third-order valence-electron chi connectivity index (χ3n) is 3.81. The molecule has 1 amide bonds. The third kappa shape index (κ3) is 5.33. The van der Waals surface area contributed by atoms with Gasteiger partial charge in [-0.2, -0.15) is 0 Å². The minimum absolute atomic E-state index is 0. The molecule has 1 aromatic heterocycles. The predicted octanol–water partition coefficient (Wildman–Crippen LogP) is 3.88. The number of fused-ring (bicyclic) bond motifs is 1. The second kappa shape index (κ2) is 9.21. The summed E-state index contributed by atoms with van der Waals surface area (Å²) in [6, 6.07) is 9.55. The first-order chi connectivity index (χ1) is 10.3. The summed E-state index contributed by atoms with van der Waals surface area (Å²) in [5.74, 6) is 0.375. The highest BCUT2D eigenvalue weighted by atomic mass is 35.5. The number of amides is 1. The summed E-state index contributed by atoms with van der Waals surface area (Å²) in [7, 11) is 0. The van der Waals surface area contributed by atoms with Crippen LogP contribution in [0.15, 0.2) is 30.3 Å². The summed E-state index contributed by atoms with van der Waals surface area (Å²) in [6.45, 7) is 8.58. The summed E-state index contributed by atoms with van der Waals surface area (Å²) < 4.78 is 0. The second-order valence-corrected chi connectivity index (χ2v) is 6.65. The van der Waals surface area contributed by atoms with E-state index in [1.807, 2.05) is 44.2 Å². The van der Waals surface area contributed by atoms with Crippen molar-refractivity contribution in [2.24, 2.45) is 11.7 Å². The molecular formula is C18H27Cl2N3O. The molecule has 1 unspecified atom stereocenters. The first-order valence-corrected chi connectivity index (χ1v) is 7.73. The van der Waals surface area contributed by atoms with Crippen LogP contribution in [0.1, 0.15) is 43.2 Å². The van der Waals surface area contributed by atoms with Crippen molar-refractivity contribution in [2.45, 2.75) is 39.7 Å². The maximum Gasteiger partial charge on any atom is 0.252 e. The maximum atomic E-state index is 12.8. The predicted molar refractivity (Wildman–Crippen MR) is 105 cm³/mol. The standard InChI is InChI=1S/C18H25N3O.2ClH/c1-12(2)10-18(4,11-19)21-17(22)15-9-13(3)20-16-8-6-5-7-14(15)16;;/h5-9,12H,10-11,19H2,1-4H3,(H,21,22);2*1H. The number of nitrogens with two attached hydrogens (primary N) is 1. The van der Waals surface area contributed by atoms with Gasteiger partial charge in [-0.15, -0.1) is 24.8 Å². The zero-order valence-electron chi connectivity index (χ0n) is 14.6. The SMILES string of the molecule is Cc1cc(C(=O)NC(C)(CN)CC(C)C)c2ccccc2n1.Cl.Cl. The zero-order chi connectivity index (χ0) is 16.3. The first-order valence-electron chi connectivity index (χ1n) is 7.73. The molecular weight excluding hydrogens is 345 g/mol. The molecule has 1 heterocycles. The maximum absolute atomic E-state index is 12.8. The van der Waals surface area contributed by atoms with Crippen LogP contribution in [0.3, 0.4) is 0 Å². The lowest BCUT2D eigenvalue weighted by molar-refractivity contribution is 0.0900. The highest BCUT2D eigenvalue weighted by molar-refractivity contribution is 6.06. The molecule has 1 atom stereocenters. The fourth-order valence-corrected chi connectivity index (χ4v) is 2.92. The third-order valence-corrected chi connectivity index (χ3v) is 3.81. The number of pyridine rings is 1. The van der Waals surface area contributed by atoms with Gasteiger partial charge in [0.15, 0.2) is 0 Å². The Morgan fingerprint density at radius 1 is 1.29 bits per heavy atom. The Morgan fingerprint density at radius 3 is 2.50 bits per heavy atom. The number of benzene rings is 1. The summed E-state index contributed by atoms with van der Waals surface area (Å²) in [5, 5.41) is 3.99. The van der Waals surface area contributed by atoms with E-state index in [0.717, 1.165) is 23.0 Å². The molecule has 0 saturated heterocycles. The number of hydrogen-bond donors (Lipinski definition) is 2. The van der Waals surface area contributed by atoms with E-state index in [-0.39, 0.29) is 30.7 Å². The van der Waals surface area contributed by atoms with Gasteiger partial charge in [0.25, 0.3) is 5.91 Å². The Hall–Kier alpha value is -1.36. The van der Waals surface area contributed by atoms with Crippen molar-refractivity contribution in [2.75, 3.05) is 6.54 Å². The van der Waals surface area contributed by atoms with Crippen molar-refractivity contribution in [3.8, 4) is 0 Å². The highest BCUT2D eigenvalue weighted by Gasteiger charge is 2.27. The molecule has 0 fully saturated rings. The lowest BCUT2D eigenvalue weighted by Crippen LogP contribution is -2.52. The van der Waals surface area contributed by atoms with Crippen LogP contribution in [-0.4, -0.2) is 23.0 Å². The number of aryl methyl sites for hydroxylation is 1. The van der Waals surface area contributed by atoms with Gasteiger partial charge in [-0.05, 0) is 38.3 Å². The summed E-state index contributed by atoms with van der Waals surface area (Å²) in [5.41, 5.74) is 7.83. The number of hydrogen-bond acceptors (Lipinski definition) is 3. The Morgan fingerprint density at radius 2 is 1.92 bits per heavy atom. The van der Waals surface area contributed by atoms with E-state index >= 15 is 0 Å². The lowest BCUT2D eigenvalue weighted by Gasteiger charge is -2.31. The molecule has 6 heteroatoms. The number of nitrogens with one attached hydrogen (secondary N) is 1. The van der Waals surface area contributed by atoms with Crippen molar-refractivity contribution >= 4 is 41.6 Å². The minimum Gasteiger partial charge on any atom is -0.346 e. The minimum atomic E-state index is -0.399. The topological polar surface area (TPSA) is 68.0 Å². The fraction of sp³-hybridized carbons (Fsp3) is 0.444. The lowest BCUT2D eigenvalue weighted by atomic mass is 9.90. The number of carbonyl (C=O) groups excluding carboxylic acids is 1. The molecule has 2 rings (SSSR count).